The summed E-state index contributed by atoms with van der Waals surface area (Å²) in [5.41, 5.74) is 2.71. The van der Waals surface area contributed by atoms with Crippen molar-refractivity contribution < 1.29 is 4.18 Å². The molecule has 18 heavy (non-hydrogen) atoms. The first-order chi connectivity index (χ1) is 8.92. The van der Waals surface area contributed by atoms with E-state index in [0.717, 1.165) is 13.0 Å². The van der Waals surface area contributed by atoms with Crippen LogP contribution in [0.2, 0.25) is 0 Å². The summed E-state index contributed by atoms with van der Waals surface area (Å²) in [5.74, 6) is 0.413. The fourth-order valence-electron chi connectivity index (χ4n) is 2.09. The van der Waals surface area contributed by atoms with Crippen molar-refractivity contribution in [2.24, 2.45) is 0 Å². The van der Waals surface area contributed by atoms with Gasteiger partial charge in [-0.05, 0) is 17.5 Å². The summed E-state index contributed by atoms with van der Waals surface area (Å²) in [6.45, 7) is 0.766. The molecule has 0 atom stereocenters. The van der Waals surface area contributed by atoms with Crippen molar-refractivity contribution in [3.05, 3.63) is 71.8 Å². The molecule has 0 spiro atoms. The van der Waals surface area contributed by atoms with Crippen LogP contribution >= 0.6 is 30.4 Å². The van der Waals surface area contributed by atoms with E-state index in [0.29, 0.717) is 5.92 Å². The normalized spacial score (nSPS) is 10.8. The Bertz CT molecular complexity index is 407. The molecular weight excluding hydrogens is 355 g/mol. The van der Waals surface area contributed by atoms with Crippen LogP contribution in [0.25, 0.3) is 0 Å². The summed E-state index contributed by atoms with van der Waals surface area (Å²) >= 11 is 2.16. The first kappa shape index (κ1) is 13.9. The zero-order chi connectivity index (χ0) is 12.6. The summed E-state index contributed by atoms with van der Waals surface area (Å²) in [4.78, 5) is 0. The maximum atomic E-state index is 5.41. The predicted octanol–water partition coefficient (Wildman–Crippen LogP) is 5.22. The topological polar surface area (TPSA) is 9.23 Å². The van der Waals surface area contributed by atoms with Gasteiger partial charge in [0.05, 0.1) is 15.8 Å². The van der Waals surface area contributed by atoms with E-state index in [-0.39, 0.29) is 0 Å². The third-order valence-electron chi connectivity index (χ3n) is 2.94. The Balaban J connectivity index is 2.18. The minimum Gasteiger partial charge on any atom is -0.305 e. The molecule has 0 aromatic heterocycles. The van der Waals surface area contributed by atoms with Crippen molar-refractivity contribution in [3.63, 3.8) is 0 Å². The molecule has 0 radical (unpaired) electrons. The van der Waals surface area contributed by atoms with Gasteiger partial charge in [-0.15, -0.1) is 0 Å². The van der Waals surface area contributed by atoms with Crippen molar-refractivity contribution in [2.75, 3.05) is 6.61 Å². The van der Waals surface area contributed by atoms with Gasteiger partial charge >= 0.3 is 0 Å². The first-order valence-electron chi connectivity index (χ1n) is 5.92. The van der Waals surface area contributed by atoms with E-state index in [1.54, 1.807) is 0 Å². The second kappa shape index (κ2) is 7.81. The highest BCUT2D eigenvalue weighted by molar-refractivity contribution is 14.2. The van der Waals surface area contributed by atoms with Crippen LogP contribution in [0.1, 0.15) is 23.5 Å². The number of benzene rings is 2. The van der Waals surface area contributed by atoms with Crippen molar-refractivity contribution in [2.45, 2.75) is 12.3 Å². The van der Waals surface area contributed by atoms with Crippen molar-refractivity contribution in [3.8, 4) is 0 Å². The summed E-state index contributed by atoms with van der Waals surface area (Å²) in [5, 5.41) is 0. The average Bonchev–Trinajstić information content (AvgIpc) is 2.46. The number of hydrogen-bond acceptors (Lipinski definition) is 2. The Morgan fingerprint density at radius 2 is 1.39 bits per heavy atom. The van der Waals surface area contributed by atoms with Crippen LogP contribution in [-0.4, -0.2) is 6.61 Å². The lowest BCUT2D eigenvalue weighted by atomic mass is 9.89. The highest BCUT2D eigenvalue weighted by Crippen LogP contribution is 2.28. The molecule has 0 saturated carbocycles. The van der Waals surface area contributed by atoms with Gasteiger partial charge in [0.1, 0.15) is 0 Å². The largest absolute Gasteiger partial charge is 0.305 e. The Morgan fingerprint density at radius 3 is 1.83 bits per heavy atom. The molecule has 0 fully saturated rings. The Labute approximate surface area is 125 Å². The zero-order valence-electron chi connectivity index (χ0n) is 9.96. The lowest BCUT2D eigenvalue weighted by Gasteiger charge is -2.17. The molecule has 0 aliphatic carbocycles. The first-order valence-corrected chi connectivity index (χ1v) is 9.20. The van der Waals surface area contributed by atoms with E-state index >= 15 is 0 Å². The molecule has 94 valence electrons. The Morgan fingerprint density at radius 1 is 0.889 bits per heavy atom. The molecule has 0 bridgehead atoms. The van der Waals surface area contributed by atoms with Gasteiger partial charge in [0, 0.05) is 27.1 Å². The van der Waals surface area contributed by atoms with Crippen LogP contribution in [0.3, 0.4) is 0 Å². The summed E-state index contributed by atoms with van der Waals surface area (Å²) in [7, 11) is 1.40. The highest BCUT2D eigenvalue weighted by atomic mass is 127. The van der Waals surface area contributed by atoms with Gasteiger partial charge in [-0.2, -0.15) is 0 Å². The standard InChI is InChI=1S/C15H15IOS/c16-18-17-12-11-15(13-7-3-1-4-8-13)14-9-5-2-6-10-14/h1-10,15H,11-12H2. The molecule has 0 aliphatic heterocycles. The smallest absolute Gasteiger partial charge is 0.0650 e. The predicted molar refractivity (Wildman–Crippen MR) is 86.9 cm³/mol. The quantitative estimate of drug-likeness (QED) is 0.392. The minimum atomic E-state index is 0.413. The molecule has 0 amide bonds. The van der Waals surface area contributed by atoms with E-state index in [4.69, 9.17) is 4.18 Å². The molecule has 0 saturated heterocycles. The molecule has 0 N–H and O–H groups in total. The third-order valence-corrected chi connectivity index (χ3v) is 3.96. The van der Waals surface area contributed by atoms with Crippen LogP contribution in [0.15, 0.2) is 60.7 Å². The molecule has 3 heteroatoms. The van der Waals surface area contributed by atoms with Gasteiger partial charge < -0.3 is 4.18 Å². The maximum Gasteiger partial charge on any atom is 0.0650 e. The lowest BCUT2D eigenvalue weighted by molar-refractivity contribution is 0.361. The van der Waals surface area contributed by atoms with E-state index in [1.165, 1.54) is 20.3 Å². The summed E-state index contributed by atoms with van der Waals surface area (Å²) in [6, 6.07) is 21.3. The molecule has 2 aromatic carbocycles. The summed E-state index contributed by atoms with van der Waals surface area (Å²) in [6.07, 6.45) is 1.00. The molecule has 1 nitrogen and oxygen atoms in total. The van der Waals surface area contributed by atoms with Crippen molar-refractivity contribution in [1.29, 1.82) is 0 Å². The number of rotatable bonds is 6. The minimum absolute atomic E-state index is 0.413. The second-order valence-corrected chi connectivity index (χ2v) is 5.49. The van der Waals surface area contributed by atoms with E-state index in [9.17, 15) is 0 Å². The van der Waals surface area contributed by atoms with Gasteiger partial charge in [0.25, 0.3) is 0 Å². The SMILES string of the molecule is ISOCCC(c1ccccc1)c1ccccc1. The Hall–Kier alpha value is -0.520. The van der Waals surface area contributed by atoms with E-state index in [2.05, 4.69) is 81.9 Å². The monoisotopic (exact) mass is 370 g/mol. The van der Waals surface area contributed by atoms with Gasteiger partial charge in [-0.3, -0.25) is 0 Å². The lowest BCUT2D eigenvalue weighted by Crippen LogP contribution is -2.04. The second-order valence-electron chi connectivity index (χ2n) is 4.05. The van der Waals surface area contributed by atoms with Gasteiger partial charge in [0.2, 0.25) is 0 Å². The maximum absolute atomic E-state index is 5.41. The average molecular weight is 370 g/mol. The summed E-state index contributed by atoms with van der Waals surface area (Å²) < 4.78 is 5.41. The van der Waals surface area contributed by atoms with Crippen molar-refractivity contribution in [1.82, 2.24) is 0 Å². The van der Waals surface area contributed by atoms with Gasteiger partial charge in [0.15, 0.2) is 0 Å². The van der Waals surface area contributed by atoms with Gasteiger partial charge in [-0.1, -0.05) is 60.7 Å². The molecular formula is C15H15IOS. The fourth-order valence-corrected chi connectivity index (χ4v) is 2.79. The van der Waals surface area contributed by atoms with E-state index in [1.807, 2.05) is 0 Å². The number of hydrogen-bond donors (Lipinski definition) is 0. The van der Waals surface area contributed by atoms with Crippen molar-refractivity contribution >= 4 is 30.4 Å². The molecule has 2 aromatic rings. The van der Waals surface area contributed by atoms with Crippen LogP contribution in [0.4, 0.5) is 0 Å². The van der Waals surface area contributed by atoms with Crippen LogP contribution in [0.5, 0.6) is 0 Å². The van der Waals surface area contributed by atoms with Crippen LogP contribution < -0.4 is 0 Å². The fraction of sp³-hybridized carbons (Fsp3) is 0.200. The van der Waals surface area contributed by atoms with Crippen LogP contribution in [-0.2, 0) is 4.18 Å². The molecule has 0 unspecified atom stereocenters. The van der Waals surface area contributed by atoms with E-state index < -0.39 is 0 Å². The molecule has 0 aliphatic rings. The Kier molecular flexibility index (Phi) is 6.04. The molecule has 2 rings (SSSR count). The highest BCUT2D eigenvalue weighted by Gasteiger charge is 2.13. The number of halogens is 1. The third kappa shape index (κ3) is 4.00. The zero-order valence-corrected chi connectivity index (χ0v) is 12.9. The van der Waals surface area contributed by atoms with Crippen LogP contribution in [0, 0.1) is 0 Å². The molecule has 0 heterocycles. The van der Waals surface area contributed by atoms with Gasteiger partial charge in [-0.25, -0.2) is 0 Å².